The number of hydrogen-bond donors (Lipinski definition) is 3. The van der Waals surface area contributed by atoms with Gasteiger partial charge in [-0.05, 0) is 54.8 Å². The molecule has 0 aliphatic heterocycles. The smallest absolute Gasteiger partial charge is 0.322 e. The lowest BCUT2D eigenvalue weighted by Gasteiger charge is -2.15. The molecule has 0 saturated carbocycles. The molecule has 4 rings (SSSR count). The summed E-state index contributed by atoms with van der Waals surface area (Å²) in [5, 5.41) is 13.1. The van der Waals surface area contributed by atoms with Crippen molar-refractivity contribution in [3.05, 3.63) is 101 Å². The van der Waals surface area contributed by atoms with Crippen molar-refractivity contribution in [1.29, 1.82) is 0 Å². The fraction of sp³-hybridized carbons (Fsp3) is 0.192. The van der Waals surface area contributed by atoms with Crippen LogP contribution < -0.4 is 15.5 Å². The number of pyridine rings is 1. The third-order valence-corrected chi connectivity index (χ3v) is 6.99. The molecule has 2 aromatic heterocycles. The first-order valence-electron chi connectivity index (χ1n) is 11.3. The summed E-state index contributed by atoms with van der Waals surface area (Å²) in [5.74, 6) is -0.00545. The third kappa shape index (κ3) is 6.35. The Morgan fingerprint density at radius 2 is 1.81 bits per heavy atom. The molecular weight excluding hydrogens is 482 g/mol. The van der Waals surface area contributed by atoms with Gasteiger partial charge in [-0.25, -0.2) is 13.4 Å². The van der Waals surface area contributed by atoms with Crippen LogP contribution in [0.2, 0.25) is 0 Å². The normalized spacial score (nSPS) is 12.3. The first kappa shape index (κ1) is 25.1. The first-order valence-corrected chi connectivity index (χ1v) is 12.8. The van der Waals surface area contributed by atoms with Gasteiger partial charge in [0.15, 0.2) is 5.43 Å². The van der Waals surface area contributed by atoms with E-state index < -0.39 is 22.0 Å². The Morgan fingerprint density at radius 3 is 2.53 bits per heavy atom. The molecule has 0 aliphatic carbocycles. The Labute approximate surface area is 207 Å². The number of carbonyl (C=O) groups is 1. The number of sulfonamides is 1. The summed E-state index contributed by atoms with van der Waals surface area (Å²) in [6.07, 6.45) is 2.84. The van der Waals surface area contributed by atoms with Crippen LogP contribution in [0.5, 0.6) is 0 Å². The minimum absolute atomic E-state index is 0.0295. The van der Waals surface area contributed by atoms with Gasteiger partial charge < -0.3 is 14.8 Å². The van der Waals surface area contributed by atoms with E-state index in [0.717, 1.165) is 12.2 Å². The Hall–Kier alpha value is -4.02. The first-order chi connectivity index (χ1) is 17.3. The van der Waals surface area contributed by atoms with Gasteiger partial charge in [0.25, 0.3) is 0 Å². The Bertz CT molecular complexity index is 1510. The zero-order valence-electron chi connectivity index (χ0n) is 19.3. The molecular formula is C26H25N3O6S. The lowest BCUT2D eigenvalue weighted by atomic mass is 10.0. The minimum Gasteiger partial charge on any atom is -0.480 e. The number of rotatable bonds is 11. The zero-order chi connectivity index (χ0) is 25.5. The van der Waals surface area contributed by atoms with Crippen molar-refractivity contribution in [1.82, 2.24) is 9.71 Å². The molecule has 0 spiro atoms. The highest BCUT2D eigenvalue weighted by atomic mass is 32.2. The number of aryl methyl sites for hydroxylation is 1. The maximum absolute atomic E-state index is 12.7. The third-order valence-electron chi connectivity index (χ3n) is 5.50. The molecule has 2 heterocycles. The van der Waals surface area contributed by atoms with E-state index in [-0.39, 0.29) is 16.7 Å². The predicted molar refractivity (Wildman–Crippen MR) is 135 cm³/mol. The fourth-order valence-corrected chi connectivity index (χ4v) is 4.93. The van der Waals surface area contributed by atoms with Crippen molar-refractivity contribution in [3.8, 4) is 0 Å². The number of fused-ring (bicyclic) bond motifs is 1. The molecule has 0 saturated heterocycles. The maximum atomic E-state index is 12.7. The van der Waals surface area contributed by atoms with E-state index in [1.54, 1.807) is 42.6 Å². The van der Waals surface area contributed by atoms with Crippen LogP contribution in [0.1, 0.15) is 17.7 Å². The van der Waals surface area contributed by atoms with Gasteiger partial charge in [0.1, 0.15) is 23.2 Å². The van der Waals surface area contributed by atoms with E-state index in [4.69, 9.17) is 4.42 Å². The summed E-state index contributed by atoms with van der Waals surface area (Å²) in [5.41, 5.74) is 0.628. The van der Waals surface area contributed by atoms with Crippen LogP contribution in [0.4, 0.5) is 5.82 Å². The largest absolute Gasteiger partial charge is 0.480 e. The number of aliphatic carboxylic acids is 1. The van der Waals surface area contributed by atoms with E-state index in [0.29, 0.717) is 35.3 Å². The number of benzene rings is 2. The predicted octanol–water partition coefficient (Wildman–Crippen LogP) is 3.21. The minimum atomic E-state index is -4.03. The van der Waals surface area contributed by atoms with Gasteiger partial charge in [0.2, 0.25) is 10.0 Å². The van der Waals surface area contributed by atoms with Crippen molar-refractivity contribution in [3.63, 3.8) is 0 Å². The van der Waals surface area contributed by atoms with Crippen molar-refractivity contribution in [2.45, 2.75) is 30.2 Å². The second-order valence-electron chi connectivity index (χ2n) is 8.18. The zero-order valence-corrected chi connectivity index (χ0v) is 20.1. The average molecular weight is 508 g/mol. The van der Waals surface area contributed by atoms with Crippen LogP contribution in [-0.4, -0.2) is 37.1 Å². The summed E-state index contributed by atoms with van der Waals surface area (Å²) in [7, 11) is -4.03. The van der Waals surface area contributed by atoms with Gasteiger partial charge in [-0.2, -0.15) is 4.72 Å². The highest BCUT2D eigenvalue weighted by Gasteiger charge is 2.25. The number of nitrogens with zero attached hydrogens (tertiary/aromatic N) is 1. The van der Waals surface area contributed by atoms with Crippen LogP contribution in [0.25, 0.3) is 11.0 Å². The van der Waals surface area contributed by atoms with E-state index in [9.17, 15) is 23.1 Å². The molecule has 0 radical (unpaired) electrons. The lowest BCUT2D eigenvalue weighted by Crippen LogP contribution is -2.42. The van der Waals surface area contributed by atoms with Crippen LogP contribution in [0.3, 0.4) is 0 Å². The Balaban J connectivity index is 1.44. The topological polar surface area (TPSA) is 139 Å². The molecule has 0 amide bonds. The molecule has 9 nitrogen and oxygen atoms in total. The maximum Gasteiger partial charge on any atom is 0.322 e. The van der Waals surface area contributed by atoms with Crippen molar-refractivity contribution >= 4 is 32.8 Å². The molecule has 36 heavy (non-hydrogen) atoms. The van der Waals surface area contributed by atoms with Crippen molar-refractivity contribution in [2.75, 3.05) is 11.9 Å². The van der Waals surface area contributed by atoms with Crippen molar-refractivity contribution in [2.24, 2.45) is 0 Å². The SMILES string of the molecule is O=C(O)[C@H](Cc1ccc2oc(CCCNc3ccccn3)cc(=O)c2c1)NS(=O)(=O)c1ccccc1. The second kappa shape index (κ2) is 11.1. The number of hydrogen-bond acceptors (Lipinski definition) is 7. The molecule has 3 N–H and O–H groups in total. The van der Waals surface area contributed by atoms with Crippen LogP contribution >= 0.6 is 0 Å². The second-order valence-corrected chi connectivity index (χ2v) is 9.90. The number of anilines is 1. The molecule has 1 atom stereocenters. The summed E-state index contributed by atoms with van der Waals surface area (Å²) in [6, 6.07) is 17.9. The monoisotopic (exact) mass is 507 g/mol. The highest BCUT2D eigenvalue weighted by molar-refractivity contribution is 7.89. The van der Waals surface area contributed by atoms with Gasteiger partial charge in [-0.3, -0.25) is 9.59 Å². The molecule has 186 valence electrons. The number of aromatic nitrogens is 1. The summed E-state index contributed by atoms with van der Waals surface area (Å²) in [4.78, 5) is 28.7. The van der Waals surface area contributed by atoms with Crippen LogP contribution in [-0.2, 0) is 27.7 Å². The van der Waals surface area contributed by atoms with E-state index >= 15 is 0 Å². The van der Waals surface area contributed by atoms with Gasteiger partial charge in [-0.15, -0.1) is 0 Å². The molecule has 4 aromatic rings. The summed E-state index contributed by atoms with van der Waals surface area (Å²) in [6.45, 7) is 0.660. The molecule has 10 heteroatoms. The molecule has 0 fully saturated rings. The number of carboxylic acids is 1. The van der Waals surface area contributed by atoms with Crippen LogP contribution in [0, 0.1) is 0 Å². The van der Waals surface area contributed by atoms with E-state index in [2.05, 4.69) is 15.0 Å². The average Bonchev–Trinajstić information content (AvgIpc) is 2.87. The summed E-state index contributed by atoms with van der Waals surface area (Å²) < 4.78 is 33.3. The number of nitrogens with one attached hydrogen (secondary N) is 2. The van der Waals surface area contributed by atoms with Crippen molar-refractivity contribution < 1.29 is 22.7 Å². The molecule has 0 bridgehead atoms. The number of carboxylic acid groups (broad SMARTS) is 1. The Morgan fingerprint density at radius 1 is 1.03 bits per heavy atom. The van der Waals surface area contributed by atoms with Crippen LogP contribution in [0.15, 0.2) is 93.1 Å². The Kier molecular flexibility index (Phi) is 7.77. The fourth-order valence-electron chi connectivity index (χ4n) is 3.72. The quantitative estimate of drug-likeness (QED) is 0.263. The molecule has 2 aromatic carbocycles. The van der Waals surface area contributed by atoms with E-state index in [1.807, 2.05) is 18.2 Å². The highest BCUT2D eigenvalue weighted by Crippen LogP contribution is 2.18. The van der Waals surface area contributed by atoms with Gasteiger partial charge in [-0.1, -0.05) is 30.3 Å². The van der Waals surface area contributed by atoms with Gasteiger partial charge >= 0.3 is 5.97 Å². The standard InChI is InChI=1S/C26H25N3O6S/c30-23-17-19(7-6-14-28-25-10-4-5-13-27-25)35-24-12-11-18(15-21(23)24)16-22(26(31)32)29-36(33,34)20-8-2-1-3-9-20/h1-5,8-13,15,17,22,29H,6-7,14,16H2,(H,27,28)(H,31,32)/t22-/m0/s1. The molecule has 0 aliphatic rings. The van der Waals surface area contributed by atoms with Gasteiger partial charge in [0, 0.05) is 25.2 Å². The molecule has 0 unspecified atom stereocenters. The van der Waals surface area contributed by atoms with E-state index in [1.165, 1.54) is 18.2 Å². The van der Waals surface area contributed by atoms with Gasteiger partial charge in [0.05, 0.1) is 10.3 Å². The lowest BCUT2D eigenvalue weighted by molar-refractivity contribution is -0.138. The summed E-state index contributed by atoms with van der Waals surface area (Å²) >= 11 is 0.